The van der Waals surface area contributed by atoms with E-state index in [1.165, 1.54) is 5.56 Å². The molecule has 0 unspecified atom stereocenters. The summed E-state index contributed by atoms with van der Waals surface area (Å²) < 4.78 is 0. The molecule has 0 fully saturated rings. The number of hydrogen-bond acceptors (Lipinski definition) is 3. The minimum absolute atomic E-state index is 0.392. The first-order valence-electron chi connectivity index (χ1n) is 5.22. The summed E-state index contributed by atoms with van der Waals surface area (Å²) in [4.78, 5) is 0. The van der Waals surface area contributed by atoms with E-state index in [1.807, 2.05) is 25.1 Å². The van der Waals surface area contributed by atoms with E-state index in [0.717, 1.165) is 16.8 Å². The zero-order chi connectivity index (χ0) is 11.5. The number of aromatic hydroxyl groups is 1. The Morgan fingerprint density at radius 1 is 1.19 bits per heavy atom. The number of phenolic OH excluding ortho intramolecular Hbond substituents is 1. The standard InChI is InChI=1S/C13H15NOS/c1-9-4-3-5-11(13(9)15)6-14-12-8-16-7-10(12)2/h3-5,7-8,14-15H,6H2,1-2H3. The normalized spacial score (nSPS) is 10.4. The lowest BCUT2D eigenvalue weighted by Crippen LogP contribution is -2.00. The Hall–Kier alpha value is -1.48. The lowest BCUT2D eigenvalue weighted by Gasteiger charge is -2.09. The molecule has 0 aliphatic heterocycles. The molecule has 2 rings (SSSR count). The molecule has 0 aliphatic carbocycles. The van der Waals surface area contributed by atoms with Crippen LogP contribution in [0.4, 0.5) is 5.69 Å². The maximum Gasteiger partial charge on any atom is 0.123 e. The number of nitrogens with one attached hydrogen (secondary N) is 1. The van der Waals surface area contributed by atoms with Crippen molar-refractivity contribution in [3.05, 3.63) is 45.6 Å². The van der Waals surface area contributed by atoms with Gasteiger partial charge in [-0.2, -0.15) is 0 Å². The van der Waals surface area contributed by atoms with Crippen molar-refractivity contribution in [3.8, 4) is 5.75 Å². The Morgan fingerprint density at radius 3 is 2.69 bits per heavy atom. The third-order valence-electron chi connectivity index (χ3n) is 2.65. The van der Waals surface area contributed by atoms with Crippen LogP contribution in [0, 0.1) is 13.8 Å². The van der Waals surface area contributed by atoms with Crippen molar-refractivity contribution >= 4 is 17.0 Å². The Morgan fingerprint density at radius 2 is 2.00 bits per heavy atom. The Bertz CT molecular complexity index is 490. The van der Waals surface area contributed by atoms with Crippen molar-refractivity contribution in [3.63, 3.8) is 0 Å². The van der Waals surface area contributed by atoms with Gasteiger partial charge in [-0.1, -0.05) is 18.2 Å². The van der Waals surface area contributed by atoms with Gasteiger partial charge in [0.15, 0.2) is 0 Å². The van der Waals surface area contributed by atoms with Crippen molar-refractivity contribution in [1.29, 1.82) is 0 Å². The van der Waals surface area contributed by atoms with Gasteiger partial charge in [-0.05, 0) is 30.4 Å². The highest BCUT2D eigenvalue weighted by molar-refractivity contribution is 7.08. The molecular formula is C13H15NOS. The number of phenols is 1. The van der Waals surface area contributed by atoms with Crippen molar-refractivity contribution in [1.82, 2.24) is 0 Å². The van der Waals surface area contributed by atoms with Crippen LogP contribution in [0.15, 0.2) is 29.0 Å². The molecule has 0 amide bonds. The van der Waals surface area contributed by atoms with E-state index >= 15 is 0 Å². The molecule has 0 atom stereocenters. The lowest BCUT2D eigenvalue weighted by molar-refractivity contribution is 0.465. The molecule has 1 aromatic heterocycles. The molecule has 0 radical (unpaired) electrons. The number of hydrogen-bond donors (Lipinski definition) is 2. The van der Waals surface area contributed by atoms with E-state index in [1.54, 1.807) is 11.3 Å². The number of anilines is 1. The minimum Gasteiger partial charge on any atom is -0.507 e. The maximum absolute atomic E-state index is 9.86. The van der Waals surface area contributed by atoms with Gasteiger partial charge >= 0.3 is 0 Å². The topological polar surface area (TPSA) is 32.3 Å². The largest absolute Gasteiger partial charge is 0.507 e. The zero-order valence-corrected chi connectivity index (χ0v) is 10.3. The van der Waals surface area contributed by atoms with E-state index in [2.05, 4.69) is 23.0 Å². The summed E-state index contributed by atoms with van der Waals surface area (Å²) in [5, 5.41) is 17.4. The fourth-order valence-electron chi connectivity index (χ4n) is 1.59. The maximum atomic E-state index is 9.86. The van der Waals surface area contributed by atoms with Gasteiger partial charge in [0.05, 0.1) is 0 Å². The van der Waals surface area contributed by atoms with E-state index in [-0.39, 0.29) is 0 Å². The molecule has 0 saturated heterocycles. The second-order valence-electron chi connectivity index (χ2n) is 3.90. The van der Waals surface area contributed by atoms with Crippen LogP contribution in [0.3, 0.4) is 0 Å². The lowest BCUT2D eigenvalue weighted by atomic mass is 10.1. The predicted molar refractivity (Wildman–Crippen MR) is 69.2 cm³/mol. The number of thiophene rings is 1. The summed E-state index contributed by atoms with van der Waals surface area (Å²) in [6.07, 6.45) is 0. The summed E-state index contributed by atoms with van der Waals surface area (Å²) in [5.74, 6) is 0.392. The van der Waals surface area contributed by atoms with E-state index in [4.69, 9.17) is 0 Å². The molecule has 0 saturated carbocycles. The van der Waals surface area contributed by atoms with Crippen molar-refractivity contribution < 1.29 is 5.11 Å². The molecule has 0 bridgehead atoms. The van der Waals surface area contributed by atoms with Gasteiger partial charge in [-0.3, -0.25) is 0 Å². The van der Waals surface area contributed by atoms with Gasteiger partial charge in [0.1, 0.15) is 5.75 Å². The molecule has 2 aromatic rings. The van der Waals surface area contributed by atoms with Crippen LogP contribution in [0.25, 0.3) is 0 Å². The monoisotopic (exact) mass is 233 g/mol. The molecule has 0 aliphatic rings. The fourth-order valence-corrected chi connectivity index (χ4v) is 2.40. The van der Waals surface area contributed by atoms with Gasteiger partial charge in [0.25, 0.3) is 0 Å². The van der Waals surface area contributed by atoms with Gasteiger partial charge in [-0.25, -0.2) is 0 Å². The Kier molecular flexibility index (Phi) is 3.15. The van der Waals surface area contributed by atoms with Gasteiger partial charge < -0.3 is 10.4 Å². The number of para-hydroxylation sites is 1. The predicted octanol–water partition coefficient (Wildman–Crippen LogP) is 3.68. The first-order valence-corrected chi connectivity index (χ1v) is 6.17. The van der Waals surface area contributed by atoms with Gasteiger partial charge in [0.2, 0.25) is 0 Å². The third-order valence-corrected chi connectivity index (χ3v) is 3.51. The van der Waals surface area contributed by atoms with Crippen LogP contribution in [0.1, 0.15) is 16.7 Å². The molecule has 1 heterocycles. The van der Waals surface area contributed by atoms with Gasteiger partial charge in [-0.15, -0.1) is 11.3 Å². The van der Waals surface area contributed by atoms with E-state index in [0.29, 0.717) is 12.3 Å². The molecular weight excluding hydrogens is 218 g/mol. The summed E-state index contributed by atoms with van der Waals surface area (Å²) >= 11 is 1.68. The second-order valence-corrected chi connectivity index (χ2v) is 4.65. The van der Waals surface area contributed by atoms with Crippen LogP contribution < -0.4 is 5.32 Å². The summed E-state index contributed by atoms with van der Waals surface area (Å²) in [6, 6.07) is 5.82. The molecule has 3 heteroatoms. The quantitative estimate of drug-likeness (QED) is 0.847. The molecule has 2 N–H and O–H groups in total. The zero-order valence-electron chi connectivity index (χ0n) is 9.45. The van der Waals surface area contributed by atoms with Crippen molar-refractivity contribution in [2.24, 2.45) is 0 Å². The summed E-state index contributed by atoms with van der Waals surface area (Å²) in [6.45, 7) is 4.65. The first kappa shape index (κ1) is 11.0. The van der Waals surface area contributed by atoms with Crippen LogP contribution in [0.5, 0.6) is 5.75 Å². The highest BCUT2D eigenvalue weighted by Crippen LogP contribution is 2.24. The summed E-state index contributed by atoms with van der Waals surface area (Å²) in [7, 11) is 0. The smallest absolute Gasteiger partial charge is 0.123 e. The van der Waals surface area contributed by atoms with Crippen LogP contribution in [0.2, 0.25) is 0 Å². The number of aryl methyl sites for hydroxylation is 2. The van der Waals surface area contributed by atoms with Crippen LogP contribution in [-0.2, 0) is 6.54 Å². The number of rotatable bonds is 3. The summed E-state index contributed by atoms with van der Waals surface area (Å²) in [5.41, 5.74) is 4.25. The highest BCUT2D eigenvalue weighted by Gasteiger charge is 2.04. The van der Waals surface area contributed by atoms with Gasteiger partial charge in [0, 0.05) is 23.2 Å². The molecule has 1 aromatic carbocycles. The van der Waals surface area contributed by atoms with Crippen molar-refractivity contribution in [2.75, 3.05) is 5.32 Å². The SMILES string of the molecule is Cc1cscc1NCc1cccc(C)c1O. The second kappa shape index (κ2) is 4.58. The average molecular weight is 233 g/mol. The minimum atomic E-state index is 0.392. The first-order chi connectivity index (χ1) is 7.68. The fraction of sp³-hybridized carbons (Fsp3) is 0.231. The number of benzene rings is 1. The Balaban J connectivity index is 2.11. The third kappa shape index (κ3) is 2.19. The Labute approximate surface area is 99.6 Å². The van der Waals surface area contributed by atoms with E-state index in [9.17, 15) is 5.11 Å². The van der Waals surface area contributed by atoms with Crippen LogP contribution >= 0.6 is 11.3 Å². The van der Waals surface area contributed by atoms with E-state index < -0.39 is 0 Å². The average Bonchev–Trinajstić information content (AvgIpc) is 2.67. The molecule has 84 valence electrons. The van der Waals surface area contributed by atoms with Crippen LogP contribution in [-0.4, -0.2) is 5.11 Å². The highest BCUT2D eigenvalue weighted by atomic mass is 32.1. The van der Waals surface area contributed by atoms with Crippen molar-refractivity contribution in [2.45, 2.75) is 20.4 Å². The molecule has 2 nitrogen and oxygen atoms in total. The molecule has 0 spiro atoms. The molecule has 16 heavy (non-hydrogen) atoms.